The summed E-state index contributed by atoms with van der Waals surface area (Å²) in [6.07, 6.45) is 0. The lowest BCUT2D eigenvalue weighted by molar-refractivity contribution is 0.631. The minimum atomic E-state index is -0.225. The van der Waals surface area contributed by atoms with E-state index in [2.05, 4.69) is 5.32 Å². The predicted octanol–water partition coefficient (Wildman–Crippen LogP) is 3.96. The molecule has 2 rings (SSSR count). The highest BCUT2D eigenvalue weighted by Crippen LogP contribution is 2.24. The van der Waals surface area contributed by atoms with Gasteiger partial charge in [-0.15, -0.1) is 12.4 Å². The van der Waals surface area contributed by atoms with Crippen molar-refractivity contribution in [3.63, 3.8) is 0 Å². The summed E-state index contributed by atoms with van der Waals surface area (Å²) in [5.41, 5.74) is 2.63. The summed E-state index contributed by atoms with van der Waals surface area (Å²) in [4.78, 5) is 0. The lowest BCUT2D eigenvalue weighted by Gasteiger charge is -2.06. The van der Waals surface area contributed by atoms with Crippen LogP contribution in [-0.2, 0) is 0 Å². The SMILES string of the molecule is CNc1cc(-c2ccccc2)ccc1F.Cl. The zero-order valence-electron chi connectivity index (χ0n) is 8.91. The molecule has 0 atom stereocenters. The lowest BCUT2D eigenvalue weighted by atomic mass is 10.1. The molecule has 2 aromatic carbocycles. The first-order chi connectivity index (χ1) is 7.31. The van der Waals surface area contributed by atoms with Crippen LogP contribution in [-0.4, -0.2) is 7.05 Å². The highest BCUT2D eigenvalue weighted by Gasteiger charge is 2.02. The largest absolute Gasteiger partial charge is 0.386 e. The van der Waals surface area contributed by atoms with Gasteiger partial charge in [-0.25, -0.2) is 4.39 Å². The number of anilines is 1. The molecule has 16 heavy (non-hydrogen) atoms. The quantitative estimate of drug-likeness (QED) is 0.834. The molecular weight excluding hydrogens is 225 g/mol. The van der Waals surface area contributed by atoms with E-state index in [1.54, 1.807) is 13.1 Å². The Morgan fingerprint density at radius 1 is 0.938 bits per heavy atom. The van der Waals surface area contributed by atoms with E-state index < -0.39 is 0 Å². The highest BCUT2D eigenvalue weighted by molar-refractivity contribution is 5.85. The Hall–Kier alpha value is -1.54. The molecule has 0 radical (unpaired) electrons. The topological polar surface area (TPSA) is 12.0 Å². The van der Waals surface area contributed by atoms with Gasteiger partial charge in [0.1, 0.15) is 5.82 Å². The third-order valence-corrected chi connectivity index (χ3v) is 2.34. The Morgan fingerprint density at radius 3 is 2.25 bits per heavy atom. The molecule has 84 valence electrons. The maximum Gasteiger partial charge on any atom is 0.146 e. The smallest absolute Gasteiger partial charge is 0.146 e. The van der Waals surface area contributed by atoms with Crippen LogP contribution in [0.2, 0.25) is 0 Å². The van der Waals surface area contributed by atoms with Crippen molar-refractivity contribution in [2.75, 3.05) is 12.4 Å². The molecule has 0 aliphatic rings. The summed E-state index contributed by atoms with van der Waals surface area (Å²) in [6, 6.07) is 15.0. The van der Waals surface area contributed by atoms with E-state index in [1.807, 2.05) is 36.4 Å². The lowest BCUT2D eigenvalue weighted by Crippen LogP contribution is -1.92. The fourth-order valence-electron chi connectivity index (χ4n) is 1.53. The standard InChI is InChI=1S/C13H12FN.ClH/c1-15-13-9-11(7-8-12(13)14)10-5-3-2-4-6-10;/h2-9,15H,1H3;1H. The van der Waals surface area contributed by atoms with E-state index in [0.29, 0.717) is 5.69 Å². The Morgan fingerprint density at radius 2 is 1.62 bits per heavy atom. The van der Waals surface area contributed by atoms with Gasteiger partial charge in [0.05, 0.1) is 5.69 Å². The van der Waals surface area contributed by atoms with Crippen LogP contribution in [0, 0.1) is 5.82 Å². The first kappa shape index (κ1) is 12.5. The maximum absolute atomic E-state index is 13.2. The van der Waals surface area contributed by atoms with Crippen LogP contribution >= 0.6 is 12.4 Å². The second kappa shape index (κ2) is 5.52. The van der Waals surface area contributed by atoms with Crippen molar-refractivity contribution in [3.05, 3.63) is 54.3 Å². The molecule has 2 aromatic rings. The number of hydrogen-bond acceptors (Lipinski definition) is 1. The van der Waals surface area contributed by atoms with Crippen LogP contribution < -0.4 is 5.32 Å². The normalized spacial score (nSPS) is 9.38. The average Bonchev–Trinajstić information content (AvgIpc) is 2.31. The van der Waals surface area contributed by atoms with Crippen molar-refractivity contribution >= 4 is 18.1 Å². The van der Waals surface area contributed by atoms with Crippen LogP contribution in [0.15, 0.2) is 48.5 Å². The van der Waals surface area contributed by atoms with Gasteiger partial charge in [-0.05, 0) is 23.3 Å². The Labute approximate surface area is 101 Å². The summed E-state index contributed by atoms with van der Waals surface area (Å²) in [6.45, 7) is 0. The van der Waals surface area contributed by atoms with Crippen molar-refractivity contribution < 1.29 is 4.39 Å². The summed E-state index contributed by atoms with van der Waals surface area (Å²) < 4.78 is 13.2. The predicted molar refractivity (Wildman–Crippen MR) is 68.6 cm³/mol. The van der Waals surface area contributed by atoms with Crippen LogP contribution in [0.5, 0.6) is 0 Å². The third-order valence-electron chi connectivity index (χ3n) is 2.34. The van der Waals surface area contributed by atoms with Gasteiger partial charge in [-0.1, -0.05) is 36.4 Å². The van der Waals surface area contributed by atoms with Gasteiger partial charge >= 0.3 is 0 Å². The minimum Gasteiger partial charge on any atom is -0.386 e. The second-order valence-corrected chi connectivity index (χ2v) is 3.31. The number of benzene rings is 2. The van der Waals surface area contributed by atoms with E-state index in [4.69, 9.17) is 0 Å². The van der Waals surface area contributed by atoms with Gasteiger partial charge in [0.25, 0.3) is 0 Å². The van der Waals surface area contributed by atoms with Crippen LogP contribution in [0.4, 0.5) is 10.1 Å². The summed E-state index contributed by atoms with van der Waals surface area (Å²) >= 11 is 0. The highest BCUT2D eigenvalue weighted by atomic mass is 35.5. The first-order valence-electron chi connectivity index (χ1n) is 4.84. The zero-order chi connectivity index (χ0) is 10.7. The molecule has 0 amide bonds. The molecule has 0 aliphatic carbocycles. The van der Waals surface area contributed by atoms with Gasteiger partial charge < -0.3 is 5.32 Å². The van der Waals surface area contributed by atoms with Crippen molar-refractivity contribution in [2.45, 2.75) is 0 Å². The van der Waals surface area contributed by atoms with E-state index >= 15 is 0 Å². The van der Waals surface area contributed by atoms with Crippen molar-refractivity contribution in [1.29, 1.82) is 0 Å². The van der Waals surface area contributed by atoms with Crippen LogP contribution in [0.1, 0.15) is 0 Å². The monoisotopic (exact) mass is 237 g/mol. The second-order valence-electron chi connectivity index (χ2n) is 3.31. The molecular formula is C13H13ClFN. The molecule has 0 fully saturated rings. The van der Waals surface area contributed by atoms with Gasteiger partial charge in [-0.3, -0.25) is 0 Å². The zero-order valence-corrected chi connectivity index (χ0v) is 9.72. The van der Waals surface area contributed by atoms with Gasteiger partial charge in [0.15, 0.2) is 0 Å². The molecule has 0 unspecified atom stereocenters. The van der Waals surface area contributed by atoms with Crippen molar-refractivity contribution in [3.8, 4) is 11.1 Å². The molecule has 0 heterocycles. The van der Waals surface area contributed by atoms with Gasteiger partial charge in [-0.2, -0.15) is 0 Å². The number of hydrogen-bond donors (Lipinski definition) is 1. The van der Waals surface area contributed by atoms with Crippen LogP contribution in [0.25, 0.3) is 11.1 Å². The van der Waals surface area contributed by atoms with E-state index in [1.165, 1.54) is 6.07 Å². The minimum absolute atomic E-state index is 0. The fourth-order valence-corrected chi connectivity index (χ4v) is 1.53. The Kier molecular flexibility index (Phi) is 4.32. The van der Waals surface area contributed by atoms with Crippen LogP contribution in [0.3, 0.4) is 0 Å². The summed E-state index contributed by atoms with van der Waals surface area (Å²) in [5.74, 6) is -0.225. The van der Waals surface area contributed by atoms with E-state index in [0.717, 1.165) is 11.1 Å². The van der Waals surface area contributed by atoms with Gasteiger partial charge in [0.2, 0.25) is 0 Å². The van der Waals surface area contributed by atoms with E-state index in [-0.39, 0.29) is 18.2 Å². The summed E-state index contributed by atoms with van der Waals surface area (Å²) in [5, 5.41) is 2.83. The van der Waals surface area contributed by atoms with E-state index in [9.17, 15) is 4.39 Å². The fraction of sp³-hybridized carbons (Fsp3) is 0.0769. The molecule has 0 bridgehead atoms. The number of halogens is 2. The maximum atomic E-state index is 13.2. The first-order valence-corrected chi connectivity index (χ1v) is 4.84. The van der Waals surface area contributed by atoms with Crippen molar-refractivity contribution in [2.24, 2.45) is 0 Å². The Balaban J connectivity index is 0.00000128. The molecule has 0 aromatic heterocycles. The molecule has 0 saturated carbocycles. The number of rotatable bonds is 2. The molecule has 1 N–H and O–H groups in total. The molecule has 0 aliphatic heterocycles. The molecule has 0 saturated heterocycles. The summed E-state index contributed by atoms with van der Waals surface area (Å²) in [7, 11) is 1.72. The average molecular weight is 238 g/mol. The van der Waals surface area contributed by atoms with Gasteiger partial charge in [0, 0.05) is 7.05 Å². The molecule has 3 heteroatoms. The Bertz CT molecular complexity index is 457. The molecule has 0 spiro atoms. The number of nitrogens with one attached hydrogen (secondary N) is 1. The molecule has 1 nitrogen and oxygen atoms in total. The van der Waals surface area contributed by atoms with Crippen molar-refractivity contribution in [1.82, 2.24) is 0 Å². The third kappa shape index (κ3) is 2.52.